The molecule has 2 rings (SSSR count). The van der Waals surface area contributed by atoms with Crippen molar-refractivity contribution in [3.8, 4) is 0 Å². The van der Waals surface area contributed by atoms with Crippen LogP contribution in [0.2, 0.25) is 0 Å². The first-order valence-electron chi connectivity index (χ1n) is 6.29. The van der Waals surface area contributed by atoms with Crippen LogP contribution in [0, 0.1) is 5.92 Å². The van der Waals surface area contributed by atoms with Crippen molar-refractivity contribution in [2.24, 2.45) is 5.92 Å². The molecule has 1 fully saturated rings. The second-order valence-corrected chi connectivity index (χ2v) is 5.56. The Morgan fingerprint density at radius 2 is 1.75 bits per heavy atom. The maximum atomic E-state index is 2.42. The van der Waals surface area contributed by atoms with E-state index in [0.717, 1.165) is 5.92 Å². The Kier molecular flexibility index (Phi) is 3.22. The van der Waals surface area contributed by atoms with Gasteiger partial charge in [-0.3, -0.25) is 4.90 Å². The van der Waals surface area contributed by atoms with Crippen LogP contribution in [0.4, 0.5) is 0 Å². The number of allylic oxidation sites excluding steroid dienone is 2. The molecular weight excluding hydrogens is 196 g/mol. The third-order valence-electron chi connectivity index (χ3n) is 4.33. The van der Waals surface area contributed by atoms with Gasteiger partial charge in [-0.15, -0.1) is 0 Å². The third kappa shape index (κ3) is 1.64. The lowest BCUT2D eigenvalue weighted by molar-refractivity contribution is 0.0206. The molecule has 16 heavy (non-hydrogen) atoms. The molecule has 2 aliphatic rings. The minimum absolute atomic E-state index is 0.205. The van der Waals surface area contributed by atoms with E-state index in [1.165, 1.54) is 19.3 Å². The summed E-state index contributed by atoms with van der Waals surface area (Å²) < 4.78 is 0. The van der Waals surface area contributed by atoms with Gasteiger partial charge in [-0.2, -0.15) is 0 Å². The highest BCUT2D eigenvalue weighted by Crippen LogP contribution is 2.44. The molecule has 2 aliphatic carbocycles. The number of hydrogen-bond donors (Lipinski definition) is 0. The minimum Gasteiger partial charge on any atom is -0.301 e. The van der Waals surface area contributed by atoms with Crippen molar-refractivity contribution in [2.75, 3.05) is 28.2 Å². The van der Waals surface area contributed by atoms with E-state index in [4.69, 9.17) is 0 Å². The van der Waals surface area contributed by atoms with Gasteiger partial charge in [0.25, 0.3) is 0 Å². The van der Waals surface area contributed by atoms with Gasteiger partial charge in [-0.1, -0.05) is 30.7 Å². The van der Waals surface area contributed by atoms with Crippen molar-refractivity contribution < 1.29 is 0 Å². The first kappa shape index (κ1) is 11.9. The lowest BCUT2D eigenvalue weighted by Crippen LogP contribution is -2.63. The van der Waals surface area contributed by atoms with E-state index >= 15 is 0 Å². The molecule has 90 valence electrons. The van der Waals surface area contributed by atoms with Gasteiger partial charge in [-0.05, 0) is 47.0 Å². The summed E-state index contributed by atoms with van der Waals surface area (Å²) in [7, 11) is 8.81. The number of likely N-dealkylation sites (N-methyl/N-ethyl adjacent to an activating group) is 2. The van der Waals surface area contributed by atoms with Gasteiger partial charge in [-0.25, -0.2) is 0 Å². The topological polar surface area (TPSA) is 6.48 Å². The van der Waals surface area contributed by atoms with Crippen molar-refractivity contribution in [3.63, 3.8) is 0 Å². The van der Waals surface area contributed by atoms with Crippen LogP contribution in [-0.2, 0) is 0 Å². The Hall–Kier alpha value is -0.600. The molecule has 2 unspecified atom stereocenters. The van der Waals surface area contributed by atoms with E-state index in [-0.39, 0.29) is 5.54 Å². The summed E-state index contributed by atoms with van der Waals surface area (Å²) in [5.74, 6) is 0.816. The minimum atomic E-state index is 0.205. The van der Waals surface area contributed by atoms with Crippen LogP contribution in [0.1, 0.15) is 19.3 Å². The van der Waals surface area contributed by atoms with E-state index in [0.29, 0.717) is 6.04 Å². The second kappa shape index (κ2) is 4.34. The molecule has 2 atom stereocenters. The molecule has 0 aromatic rings. The van der Waals surface area contributed by atoms with Crippen LogP contribution < -0.4 is 0 Å². The molecule has 0 bridgehead atoms. The summed E-state index contributed by atoms with van der Waals surface area (Å²) in [4.78, 5) is 4.76. The first-order valence-corrected chi connectivity index (χ1v) is 6.29. The molecule has 1 saturated carbocycles. The zero-order valence-electron chi connectivity index (χ0n) is 11.0. The average molecular weight is 220 g/mol. The summed E-state index contributed by atoms with van der Waals surface area (Å²) in [5, 5.41) is 0. The summed E-state index contributed by atoms with van der Waals surface area (Å²) in [6.07, 6.45) is 13.3. The highest BCUT2D eigenvalue weighted by molar-refractivity contribution is 5.30. The summed E-state index contributed by atoms with van der Waals surface area (Å²) in [5.41, 5.74) is 0.205. The second-order valence-electron chi connectivity index (χ2n) is 5.56. The van der Waals surface area contributed by atoms with Gasteiger partial charge in [0.15, 0.2) is 0 Å². The van der Waals surface area contributed by atoms with E-state index < -0.39 is 0 Å². The Balaban J connectivity index is 2.34. The molecule has 0 heterocycles. The molecule has 0 aliphatic heterocycles. The highest BCUT2D eigenvalue weighted by atomic mass is 15.2. The van der Waals surface area contributed by atoms with Crippen LogP contribution >= 0.6 is 0 Å². The third-order valence-corrected chi connectivity index (χ3v) is 4.33. The number of nitrogens with zero attached hydrogens (tertiary/aromatic N) is 2. The Morgan fingerprint density at radius 3 is 2.19 bits per heavy atom. The molecule has 0 amide bonds. The number of rotatable bonds is 3. The zero-order valence-corrected chi connectivity index (χ0v) is 11.0. The SMILES string of the molecule is CN(C)C1C=CC=CC1(C1CCC1)N(C)C. The average Bonchev–Trinajstić information content (AvgIpc) is 2.15. The van der Waals surface area contributed by atoms with Crippen molar-refractivity contribution in [3.05, 3.63) is 24.3 Å². The van der Waals surface area contributed by atoms with Gasteiger partial charge >= 0.3 is 0 Å². The van der Waals surface area contributed by atoms with E-state index in [2.05, 4.69) is 62.3 Å². The fourth-order valence-electron chi connectivity index (χ4n) is 3.24. The van der Waals surface area contributed by atoms with Crippen LogP contribution in [-0.4, -0.2) is 49.6 Å². The summed E-state index contributed by atoms with van der Waals surface area (Å²) in [6.45, 7) is 0. The van der Waals surface area contributed by atoms with E-state index in [1.54, 1.807) is 0 Å². The standard InChI is InChI=1S/C14H24N2/c1-15(2)13-10-5-6-11-14(13,16(3)4)12-8-7-9-12/h5-6,10-13H,7-9H2,1-4H3. The quantitative estimate of drug-likeness (QED) is 0.719. The molecule has 0 spiro atoms. The number of hydrogen-bond acceptors (Lipinski definition) is 2. The summed E-state index contributed by atoms with van der Waals surface area (Å²) >= 11 is 0. The molecule has 0 N–H and O–H groups in total. The van der Waals surface area contributed by atoms with Crippen LogP contribution in [0.15, 0.2) is 24.3 Å². The van der Waals surface area contributed by atoms with Crippen LogP contribution in [0.3, 0.4) is 0 Å². The van der Waals surface area contributed by atoms with Crippen molar-refractivity contribution in [2.45, 2.75) is 30.8 Å². The predicted octanol–water partition coefficient (Wildman–Crippen LogP) is 2.14. The Morgan fingerprint density at radius 1 is 1.06 bits per heavy atom. The van der Waals surface area contributed by atoms with Gasteiger partial charge in [0, 0.05) is 6.04 Å². The van der Waals surface area contributed by atoms with Crippen molar-refractivity contribution in [1.82, 2.24) is 9.80 Å². The fourth-order valence-corrected chi connectivity index (χ4v) is 3.24. The molecule has 0 saturated heterocycles. The van der Waals surface area contributed by atoms with E-state index in [1.807, 2.05) is 0 Å². The molecular formula is C14H24N2. The molecule has 0 aromatic heterocycles. The molecule has 0 radical (unpaired) electrons. The smallest absolute Gasteiger partial charge is 0.0609 e. The largest absolute Gasteiger partial charge is 0.301 e. The van der Waals surface area contributed by atoms with E-state index in [9.17, 15) is 0 Å². The van der Waals surface area contributed by atoms with Crippen molar-refractivity contribution in [1.29, 1.82) is 0 Å². The summed E-state index contributed by atoms with van der Waals surface area (Å²) in [6, 6.07) is 0.498. The normalized spacial score (nSPS) is 34.8. The van der Waals surface area contributed by atoms with Gasteiger partial charge in [0.05, 0.1) is 5.54 Å². The van der Waals surface area contributed by atoms with Gasteiger partial charge in [0.2, 0.25) is 0 Å². The monoisotopic (exact) mass is 220 g/mol. The molecule has 2 nitrogen and oxygen atoms in total. The molecule has 2 heteroatoms. The molecule has 0 aromatic carbocycles. The lowest BCUT2D eigenvalue weighted by Gasteiger charge is -2.54. The van der Waals surface area contributed by atoms with Gasteiger partial charge in [0.1, 0.15) is 0 Å². The fraction of sp³-hybridized carbons (Fsp3) is 0.714. The van der Waals surface area contributed by atoms with Crippen LogP contribution in [0.5, 0.6) is 0 Å². The Labute approximate surface area is 99.6 Å². The lowest BCUT2D eigenvalue weighted by atomic mass is 9.65. The van der Waals surface area contributed by atoms with Crippen LogP contribution in [0.25, 0.3) is 0 Å². The Bertz CT molecular complexity index is 300. The first-order chi connectivity index (χ1) is 7.59. The maximum absolute atomic E-state index is 2.42. The predicted molar refractivity (Wildman–Crippen MR) is 69.5 cm³/mol. The van der Waals surface area contributed by atoms with Gasteiger partial charge < -0.3 is 4.90 Å². The van der Waals surface area contributed by atoms with Crippen molar-refractivity contribution >= 4 is 0 Å². The highest BCUT2D eigenvalue weighted by Gasteiger charge is 2.48. The zero-order chi connectivity index (χ0) is 11.8. The maximum Gasteiger partial charge on any atom is 0.0609 e.